The summed E-state index contributed by atoms with van der Waals surface area (Å²) in [5.41, 5.74) is 0.165. The highest BCUT2D eigenvalue weighted by atomic mass is 32.1. The molecule has 1 aromatic carbocycles. The zero-order valence-corrected chi connectivity index (χ0v) is 14.9. The van der Waals surface area contributed by atoms with Gasteiger partial charge in [-0.25, -0.2) is 4.98 Å². The predicted molar refractivity (Wildman–Crippen MR) is 94.0 cm³/mol. The van der Waals surface area contributed by atoms with Crippen LogP contribution in [0, 0.1) is 10.1 Å². The average Bonchev–Trinajstić information content (AvgIpc) is 3.15. The molecule has 1 fully saturated rings. The van der Waals surface area contributed by atoms with Crippen LogP contribution in [-0.4, -0.2) is 47.6 Å². The van der Waals surface area contributed by atoms with Crippen molar-refractivity contribution in [3.8, 4) is 5.75 Å². The Morgan fingerprint density at radius 1 is 1.31 bits per heavy atom. The molecule has 140 valence electrons. The van der Waals surface area contributed by atoms with Crippen molar-refractivity contribution in [1.29, 1.82) is 0 Å². The molecule has 0 spiro atoms. The largest absolute Gasteiger partial charge is 0.427 e. The fraction of sp³-hybridized carbons (Fsp3) is 0.438. The smallest absolute Gasteiger partial charge is 0.387 e. The third-order valence-electron chi connectivity index (χ3n) is 4.39. The molecule has 1 atom stereocenters. The van der Waals surface area contributed by atoms with Crippen LogP contribution >= 0.6 is 11.3 Å². The van der Waals surface area contributed by atoms with Gasteiger partial charge in [-0.15, -0.1) is 11.3 Å². The van der Waals surface area contributed by atoms with Gasteiger partial charge in [0.2, 0.25) is 5.75 Å². The van der Waals surface area contributed by atoms with Crippen molar-refractivity contribution in [3.63, 3.8) is 0 Å². The van der Waals surface area contributed by atoms with E-state index in [-0.39, 0.29) is 6.04 Å². The number of hydrogen-bond acceptors (Lipinski definition) is 7. The molecule has 1 saturated heterocycles. The molecule has 10 heteroatoms. The zero-order valence-electron chi connectivity index (χ0n) is 14.0. The lowest BCUT2D eigenvalue weighted by molar-refractivity contribution is -0.386. The molecule has 2 heterocycles. The molecule has 2 aromatic rings. The average molecular weight is 384 g/mol. The third-order valence-corrected chi connectivity index (χ3v) is 5.34. The number of thiazole rings is 1. The van der Waals surface area contributed by atoms with Crippen molar-refractivity contribution in [2.75, 3.05) is 31.1 Å². The Hall–Kier alpha value is -2.33. The lowest BCUT2D eigenvalue weighted by Gasteiger charge is -2.38. The van der Waals surface area contributed by atoms with E-state index >= 15 is 0 Å². The second-order valence-corrected chi connectivity index (χ2v) is 6.78. The Bertz CT molecular complexity index is 752. The van der Waals surface area contributed by atoms with Crippen LogP contribution in [0.25, 0.3) is 0 Å². The molecule has 0 bridgehead atoms. The molecule has 1 aliphatic heterocycles. The molecule has 1 aromatic heterocycles. The van der Waals surface area contributed by atoms with Gasteiger partial charge in [-0.1, -0.05) is 0 Å². The van der Waals surface area contributed by atoms with E-state index in [0.29, 0.717) is 18.8 Å². The standard InChI is InChI=1S/C16H18F2N4O3S/c1-11(15-19-4-9-26-15)20-5-7-21(8-6-20)12-2-3-13(22(23)24)14(10-12)25-16(17)18/h2-4,9-11,16H,5-8H2,1H3. The van der Waals surface area contributed by atoms with Crippen molar-refractivity contribution in [1.82, 2.24) is 9.88 Å². The minimum absolute atomic E-state index is 0.215. The third kappa shape index (κ3) is 4.07. The van der Waals surface area contributed by atoms with Gasteiger partial charge < -0.3 is 9.64 Å². The summed E-state index contributed by atoms with van der Waals surface area (Å²) in [6, 6.07) is 4.30. The molecule has 0 amide bonds. The first-order valence-corrected chi connectivity index (χ1v) is 8.95. The number of benzene rings is 1. The summed E-state index contributed by atoms with van der Waals surface area (Å²) >= 11 is 1.62. The Morgan fingerprint density at radius 3 is 2.62 bits per heavy atom. The first-order chi connectivity index (χ1) is 12.5. The minimum Gasteiger partial charge on any atom is -0.427 e. The van der Waals surface area contributed by atoms with Crippen LogP contribution < -0.4 is 9.64 Å². The van der Waals surface area contributed by atoms with Crippen LogP contribution in [0.15, 0.2) is 29.8 Å². The fourth-order valence-electron chi connectivity index (χ4n) is 3.01. The summed E-state index contributed by atoms with van der Waals surface area (Å²) in [5.74, 6) is -0.416. The van der Waals surface area contributed by atoms with E-state index in [1.165, 1.54) is 12.1 Å². The summed E-state index contributed by atoms with van der Waals surface area (Å²) in [6.45, 7) is 1.92. The number of alkyl halides is 2. The summed E-state index contributed by atoms with van der Waals surface area (Å²) in [7, 11) is 0. The molecule has 0 saturated carbocycles. The summed E-state index contributed by atoms with van der Waals surface area (Å²) in [6.07, 6.45) is 1.79. The molecule has 0 N–H and O–H groups in total. The lowest BCUT2D eigenvalue weighted by Crippen LogP contribution is -2.47. The summed E-state index contributed by atoms with van der Waals surface area (Å²) < 4.78 is 29.4. The van der Waals surface area contributed by atoms with Gasteiger partial charge in [-0.3, -0.25) is 15.0 Å². The van der Waals surface area contributed by atoms with E-state index in [9.17, 15) is 18.9 Å². The molecule has 3 rings (SSSR count). The minimum atomic E-state index is -3.11. The molecule has 0 radical (unpaired) electrons. The lowest BCUT2D eigenvalue weighted by atomic mass is 10.2. The summed E-state index contributed by atoms with van der Waals surface area (Å²) in [4.78, 5) is 18.9. The highest BCUT2D eigenvalue weighted by Gasteiger charge is 2.25. The zero-order chi connectivity index (χ0) is 18.7. The maximum absolute atomic E-state index is 12.5. The second kappa shape index (κ2) is 7.92. The number of rotatable bonds is 6. The molecular weight excluding hydrogens is 366 g/mol. The van der Waals surface area contributed by atoms with E-state index in [1.807, 2.05) is 10.3 Å². The van der Waals surface area contributed by atoms with Crippen molar-refractivity contribution in [2.45, 2.75) is 19.6 Å². The van der Waals surface area contributed by atoms with Crippen LogP contribution in [0.3, 0.4) is 0 Å². The number of halogens is 2. The van der Waals surface area contributed by atoms with Crippen LogP contribution in [0.1, 0.15) is 18.0 Å². The SMILES string of the molecule is CC(c1nccs1)N1CCN(c2ccc([N+](=O)[O-])c(OC(F)F)c2)CC1. The van der Waals surface area contributed by atoms with E-state index in [2.05, 4.69) is 21.5 Å². The fourth-order valence-corrected chi connectivity index (χ4v) is 3.73. The van der Waals surface area contributed by atoms with E-state index in [1.54, 1.807) is 23.6 Å². The topological polar surface area (TPSA) is 71.7 Å². The number of piperazine rings is 1. The number of anilines is 1. The van der Waals surface area contributed by atoms with Crippen LogP contribution in [0.4, 0.5) is 20.2 Å². The Labute approximate surface area is 153 Å². The van der Waals surface area contributed by atoms with Gasteiger partial charge >= 0.3 is 12.3 Å². The number of nitro benzene ring substituents is 1. The Kier molecular flexibility index (Phi) is 5.62. The highest BCUT2D eigenvalue weighted by molar-refractivity contribution is 7.09. The Morgan fingerprint density at radius 2 is 2.04 bits per heavy atom. The predicted octanol–water partition coefficient (Wildman–Crippen LogP) is 3.54. The first-order valence-electron chi connectivity index (χ1n) is 8.07. The highest BCUT2D eigenvalue weighted by Crippen LogP contribution is 2.33. The van der Waals surface area contributed by atoms with Crippen LogP contribution in [0.2, 0.25) is 0 Å². The number of hydrogen-bond donors (Lipinski definition) is 0. The van der Waals surface area contributed by atoms with Gasteiger partial charge in [0.05, 0.1) is 11.0 Å². The van der Waals surface area contributed by atoms with E-state index in [4.69, 9.17) is 0 Å². The molecular formula is C16H18F2N4O3S. The van der Waals surface area contributed by atoms with Crippen LogP contribution in [-0.2, 0) is 0 Å². The van der Waals surface area contributed by atoms with Gasteiger partial charge in [0, 0.05) is 55.6 Å². The van der Waals surface area contributed by atoms with Gasteiger partial charge in [-0.2, -0.15) is 8.78 Å². The number of aromatic nitrogens is 1. The molecule has 7 nitrogen and oxygen atoms in total. The Balaban J connectivity index is 1.70. The molecule has 0 aliphatic carbocycles. The maximum atomic E-state index is 12.5. The van der Waals surface area contributed by atoms with Gasteiger partial charge in [0.1, 0.15) is 5.01 Å². The van der Waals surface area contributed by atoms with E-state index in [0.717, 1.165) is 18.1 Å². The maximum Gasteiger partial charge on any atom is 0.387 e. The van der Waals surface area contributed by atoms with E-state index < -0.39 is 23.0 Å². The second-order valence-electron chi connectivity index (χ2n) is 5.86. The van der Waals surface area contributed by atoms with Gasteiger partial charge in [-0.05, 0) is 13.0 Å². The number of ether oxygens (including phenoxy) is 1. The normalized spacial score (nSPS) is 16.7. The van der Waals surface area contributed by atoms with Crippen molar-refractivity contribution in [3.05, 3.63) is 44.9 Å². The monoisotopic (exact) mass is 384 g/mol. The quantitative estimate of drug-likeness (QED) is 0.560. The number of nitro groups is 1. The number of nitrogens with zero attached hydrogens (tertiary/aromatic N) is 4. The molecule has 26 heavy (non-hydrogen) atoms. The van der Waals surface area contributed by atoms with Gasteiger partial charge in [0.15, 0.2) is 0 Å². The van der Waals surface area contributed by atoms with Crippen LogP contribution in [0.5, 0.6) is 5.75 Å². The first kappa shape index (κ1) is 18.5. The van der Waals surface area contributed by atoms with Gasteiger partial charge in [0.25, 0.3) is 0 Å². The van der Waals surface area contributed by atoms with Crippen molar-refractivity contribution >= 4 is 22.7 Å². The summed E-state index contributed by atoms with van der Waals surface area (Å²) in [5, 5.41) is 14.0. The van der Waals surface area contributed by atoms with Crippen molar-refractivity contribution in [2.24, 2.45) is 0 Å². The van der Waals surface area contributed by atoms with Crippen molar-refractivity contribution < 1.29 is 18.4 Å². The molecule has 1 unspecified atom stereocenters. The molecule has 1 aliphatic rings.